The van der Waals surface area contributed by atoms with E-state index in [-0.39, 0.29) is 0 Å². The smallest absolute Gasteiger partial charge is 0.0203 e. The molecule has 13 heavy (non-hydrogen) atoms. The van der Waals surface area contributed by atoms with Gasteiger partial charge in [0.25, 0.3) is 0 Å². The number of hydrogen-bond donors (Lipinski definition) is 0. The first kappa shape index (κ1) is 8.82. The predicted octanol–water partition coefficient (Wildman–Crippen LogP) is 1.83. The minimum absolute atomic E-state index is 0.788. The first-order valence-electron chi connectivity index (χ1n) is 5.07. The molecule has 1 saturated heterocycles. The van der Waals surface area contributed by atoms with E-state index in [0.717, 1.165) is 5.92 Å². The van der Waals surface area contributed by atoms with E-state index in [1.807, 2.05) is 0 Å². The third kappa shape index (κ3) is 1.78. The highest BCUT2D eigenvalue weighted by atomic mass is 15.1. The van der Waals surface area contributed by atoms with Gasteiger partial charge in [-0.3, -0.25) is 0 Å². The van der Waals surface area contributed by atoms with Gasteiger partial charge in [-0.05, 0) is 45.1 Å². The predicted molar refractivity (Wildman–Crippen MR) is 54.9 cm³/mol. The molecular formula is C11H18N2. The summed E-state index contributed by atoms with van der Waals surface area (Å²) in [5.41, 5.74) is 1.51. The molecule has 1 aromatic rings. The highest BCUT2D eigenvalue weighted by molar-refractivity contribution is 5.13. The van der Waals surface area contributed by atoms with Crippen molar-refractivity contribution < 1.29 is 0 Å². The van der Waals surface area contributed by atoms with Crippen LogP contribution in [0.15, 0.2) is 18.3 Å². The Hall–Kier alpha value is -0.760. The van der Waals surface area contributed by atoms with Gasteiger partial charge in [-0.15, -0.1) is 0 Å². The maximum absolute atomic E-state index is 2.42. The minimum Gasteiger partial charge on any atom is -0.354 e. The van der Waals surface area contributed by atoms with Crippen LogP contribution in [0, 0.1) is 0 Å². The van der Waals surface area contributed by atoms with Crippen molar-refractivity contribution in [1.82, 2.24) is 9.47 Å². The first-order chi connectivity index (χ1) is 6.27. The Kier molecular flexibility index (Phi) is 2.40. The lowest BCUT2D eigenvalue weighted by Crippen LogP contribution is -2.29. The molecule has 0 bridgehead atoms. The van der Waals surface area contributed by atoms with Crippen molar-refractivity contribution in [1.29, 1.82) is 0 Å². The number of hydrogen-bond acceptors (Lipinski definition) is 1. The van der Waals surface area contributed by atoms with Crippen molar-refractivity contribution in [3.8, 4) is 0 Å². The number of nitrogens with zero attached hydrogens (tertiary/aromatic N) is 2. The molecule has 1 aromatic heterocycles. The van der Waals surface area contributed by atoms with Crippen molar-refractivity contribution in [3.63, 3.8) is 0 Å². The molecule has 1 aliphatic heterocycles. The fourth-order valence-electron chi connectivity index (χ4n) is 2.20. The fraction of sp³-hybridized carbons (Fsp3) is 0.636. The molecule has 0 saturated carbocycles. The molecule has 0 aromatic carbocycles. The quantitative estimate of drug-likeness (QED) is 0.637. The number of aryl methyl sites for hydroxylation is 1. The topological polar surface area (TPSA) is 8.17 Å². The van der Waals surface area contributed by atoms with Crippen LogP contribution >= 0.6 is 0 Å². The standard InChI is InChI=1S/C11H18N2/c1-12-8-5-10(6-9-12)11-4-3-7-13(11)2/h3-4,7,10H,5-6,8-9H2,1-2H3. The maximum atomic E-state index is 2.42. The second-order valence-electron chi connectivity index (χ2n) is 4.12. The highest BCUT2D eigenvalue weighted by Gasteiger charge is 2.19. The third-order valence-corrected chi connectivity index (χ3v) is 3.12. The summed E-state index contributed by atoms with van der Waals surface area (Å²) >= 11 is 0. The Labute approximate surface area is 80.2 Å². The lowest BCUT2D eigenvalue weighted by Gasteiger charge is -2.29. The summed E-state index contributed by atoms with van der Waals surface area (Å²) in [6.45, 7) is 2.49. The molecule has 0 aliphatic carbocycles. The van der Waals surface area contributed by atoms with Crippen LogP contribution in [-0.2, 0) is 7.05 Å². The van der Waals surface area contributed by atoms with E-state index < -0.39 is 0 Å². The Morgan fingerprint density at radius 2 is 1.92 bits per heavy atom. The van der Waals surface area contributed by atoms with Crippen LogP contribution in [0.2, 0.25) is 0 Å². The van der Waals surface area contributed by atoms with Gasteiger partial charge in [0, 0.05) is 24.9 Å². The molecule has 2 rings (SSSR count). The molecule has 2 nitrogen and oxygen atoms in total. The zero-order valence-corrected chi connectivity index (χ0v) is 8.53. The van der Waals surface area contributed by atoms with Crippen LogP contribution in [0.3, 0.4) is 0 Å². The maximum Gasteiger partial charge on any atom is 0.0203 e. The van der Waals surface area contributed by atoms with Gasteiger partial charge in [-0.1, -0.05) is 0 Å². The van der Waals surface area contributed by atoms with Crippen molar-refractivity contribution in [2.45, 2.75) is 18.8 Å². The van der Waals surface area contributed by atoms with Crippen molar-refractivity contribution in [2.24, 2.45) is 7.05 Å². The van der Waals surface area contributed by atoms with Gasteiger partial charge in [0.1, 0.15) is 0 Å². The molecule has 0 unspecified atom stereocenters. The molecule has 0 spiro atoms. The summed E-state index contributed by atoms with van der Waals surface area (Å²) in [4.78, 5) is 2.42. The van der Waals surface area contributed by atoms with Gasteiger partial charge in [0.2, 0.25) is 0 Å². The summed E-state index contributed by atoms with van der Waals surface area (Å²) in [6, 6.07) is 4.41. The van der Waals surface area contributed by atoms with E-state index in [1.165, 1.54) is 31.6 Å². The third-order valence-electron chi connectivity index (χ3n) is 3.12. The summed E-state index contributed by atoms with van der Waals surface area (Å²) in [6.07, 6.45) is 4.77. The van der Waals surface area contributed by atoms with E-state index in [0.29, 0.717) is 0 Å². The second kappa shape index (κ2) is 3.54. The minimum atomic E-state index is 0.788. The Balaban J connectivity index is 2.06. The first-order valence-corrected chi connectivity index (χ1v) is 5.07. The lowest BCUT2D eigenvalue weighted by molar-refractivity contribution is 0.252. The molecule has 0 amide bonds. The Morgan fingerprint density at radius 3 is 2.46 bits per heavy atom. The van der Waals surface area contributed by atoms with Crippen molar-refractivity contribution >= 4 is 0 Å². The van der Waals surface area contributed by atoms with E-state index >= 15 is 0 Å². The van der Waals surface area contributed by atoms with Crippen molar-refractivity contribution in [2.75, 3.05) is 20.1 Å². The van der Waals surface area contributed by atoms with Gasteiger partial charge in [-0.2, -0.15) is 0 Å². The van der Waals surface area contributed by atoms with Crippen LogP contribution in [-0.4, -0.2) is 29.6 Å². The summed E-state index contributed by atoms with van der Waals surface area (Å²) in [5.74, 6) is 0.788. The van der Waals surface area contributed by atoms with Gasteiger partial charge < -0.3 is 9.47 Å². The monoisotopic (exact) mass is 178 g/mol. The molecule has 0 radical (unpaired) electrons. The summed E-state index contributed by atoms with van der Waals surface area (Å²) in [7, 11) is 4.36. The molecule has 72 valence electrons. The van der Waals surface area contributed by atoms with E-state index in [1.54, 1.807) is 0 Å². The Morgan fingerprint density at radius 1 is 1.23 bits per heavy atom. The number of aromatic nitrogens is 1. The van der Waals surface area contributed by atoms with Crippen molar-refractivity contribution in [3.05, 3.63) is 24.0 Å². The number of rotatable bonds is 1. The molecular weight excluding hydrogens is 160 g/mol. The molecule has 2 heteroatoms. The largest absolute Gasteiger partial charge is 0.354 e. The summed E-state index contributed by atoms with van der Waals surface area (Å²) in [5, 5.41) is 0. The van der Waals surface area contributed by atoms with Gasteiger partial charge >= 0.3 is 0 Å². The van der Waals surface area contributed by atoms with Crippen LogP contribution in [0.4, 0.5) is 0 Å². The zero-order valence-electron chi connectivity index (χ0n) is 8.53. The van der Waals surface area contributed by atoms with E-state index in [4.69, 9.17) is 0 Å². The van der Waals surface area contributed by atoms with Crippen LogP contribution in [0.25, 0.3) is 0 Å². The average Bonchev–Trinajstić information content (AvgIpc) is 2.53. The molecule has 1 aliphatic rings. The van der Waals surface area contributed by atoms with Crippen LogP contribution in [0.1, 0.15) is 24.5 Å². The summed E-state index contributed by atoms with van der Waals surface area (Å²) < 4.78 is 2.26. The lowest BCUT2D eigenvalue weighted by atomic mass is 9.94. The van der Waals surface area contributed by atoms with Crippen LogP contribution in [0.5, 0.6) is 0 Å². The second-order valence-corrected chi connectivity index (χ2v) is 4.12. The molecule has 2 heterocycles. The zero-order chi connectivity index (χ0) is 9.26. The molecule has 0 atom stereocenters. The van der Waals surface area contributed by atoms with E-state index in [9.17, 15) is 0 Å². The van der Waals surface area contributed by atoms with Gasteiger partial charge in [0.15, 0.2) is 0 Å². The SMILES string of the molecule is CN1CCC(c2cccn2C)CC1. The van der Waals surface area contributed by atoms with Crippen LogP contribution < -0.4 is 0 Å². The Bertz CT molecular complexity index is 269. The van der Waals surface area contributed by atoms with Gasteiger partial charge in [-0.25, -0.2) is 0 Å². The normalized spacial score (nSPS) is 20.8. The highest BCUT2D eigenvalue weighted by Crippen LogP contribution is 2.26. The average molecular weight is 178 g/mol. The number of likely N-dealkylation sites (tertiary alicyclic amines) is 1. The number of piperidine rings is 1. The van der Waals surface area contributed by atoms with Gasteiger partial charge in [0.05, 0.1) is 0 Å². The fourth-order valence-corrected chi connectivity index (χ4v) is 2.20. The van der Waals surface area contributed by atoms with E-state index in [2.05, 4.69) is 41.9 Å². The molecule has 1 fully saturated rings. The molecule has 0 N–H and O–H groups in total.